The molecule has 1 amide bonds. The predicted octanol–water partition coefficient (Wildman–Crippen LogP) is 3.31. The van der Waals surface area contributed by atoms with Gasteiger partial charge >= 0.3 is 0 Å². The van der Waals surface area contributed by atoms with Crippen LogP contribution in [0.4, 0.5) is 0 Å². The van der Waals surface area contributed by atoms with Gasteiger partial charge in [0, 0.05) is 25.2 Å². The van der Waals surface area contributed by atoms with Gasteiger partial charge in [0.2, 0.25) is 5.91 Å². The quantitative estimate of drug-likeness (QED) is 0.744. The molecule has 3 rings (SSSR count). The molecule has 3 aromatic rings. The molecule has 4 nitrogen and oxygen atoms in total. The predicted molar refractivity (Wildman–Crippen MR) is 90.4 cm³/mol. The molecule has 0 saturated carbocycles. The molecule has 3 aromatic heterocycles. The third-order valence-corrected chi connectivity index (χ3v) is 4.66. The smallest absolute Gasteiger partial charge is 0.228 e. The number of carbonyl (C=O) groups excluding carboxylic acids is 1. The van der Waals surface area contributed by atoms with E-state index in [0.29, 0.717) is 6.42 Å². The van der Waals surface area contributed by atoms with Crippen LogP contribution in [0.25, 0.3) is 16.2 Å². The zero-order valence-electron chi connectivity index (χ0n) is 13.3. The number of hydrogen-bond acceptors (Lipinski definition) is 3. The van der Waals surface area contributed by atoms with E-state index in [1.807, 2.05) is 29.7 Å². The lowest BCUT2D eigenvalue weighted by Gasteiger charge is -2.11. The molecular formula is C17H19N3OS. The van der Waals surface area contributed by atoms with E-state index in [1.165, 1.54) is 4.88 Å². The van der Waals surface area contributed by atoms with E-state index in [1.54, 1.807) is 30.3 Å². The van der Waals surface area contributed by atoms with Gasteiger partial charge in [-0.15, -0.1) is 11.3 Å². The van der Waals surface area contributed by atoms with Crippen molar-refractivity contribution in [3.05, 3.63) is 46.6 Å². The van der Waals surface area contributed by atoms with Gasteiger partial charge in [0.15, 0.2) is 0 Å². The van der Waals surface area contributed by atoms with Crippen molar-refractivity contribution in [3.63, 3.8) is 0 Å². The minimum atomic E-state index is 0.0813. The van der Waals surface area contributed by atoms with Gasteiger partial charge in [-0.2, -0.15) is 0 Å². The maximum Gasteiger partial charge on any atom is 0.228 e. The van der Waals surface area contributed by atoms with Crippen LogP contribution in [-0.2, 0) is 11.2 Å². The standard InChI is InChI=1S/C17H19N3OS/c1-11-5-8-15-18-17(14-7-6-12(2)22-14)13(20(15)10-11)9-16(21)19(3)4/h5-8,10H,9H2,1-4H3. The number of amides is 1. The number of rotatable bonds is 3. The molecule has 0 fully saturated rings. The Morgan fingerprint density at radius 1 is 1.23 bits per heavy atom. The highest BCUT2D eigenvalue weighted by molar-refractivity contribution is 7.15. The second kappa shape index (κ2) is 5.57. The van der Waals surface area contributed by atoms with E-state index in [9.17, 15) is 4.79 Å². The molecule has 0 spiro atoms. The fraction of sp³-hybridized carbons (Fsp3) is 0.294. The van der Waals surface area contributed by atoms with Gasteiger partial charge in [0.1, 0.15) is 11.3 Å². The lowest BCUT2D eigenvalue weighted by atomic mass is 10.2. The average molecular weight is 313 g/mol. The van der Waals surface area contributed by atoms with Crippen LogP contribution in [0.2, 0.25) is 0 Å². The summed E-state index contributed by atoms with van der Waals surface area (Å²) < 4.78 is 2.04. The number of aryl methyl sites for hydroxylation is 2. The number of hydrogen-bond donors (Lipinski definition) is 0. The van der Waals surface area contributed by atoms with Gasteiger partial charge in [-0.05, 0) is 37.6 Å². The number of thiophene rings is 1. The van der Waals surface area contributed by atoms with Crippen molar-refractivity contribution in [2.24, 2.45) is 0 Å². The number of pyridine rings is 1. The van der Waals surface area contributed by atoms with E-state index in [-0.39, 0.29) is 5.91 Å². The SMILES string of the molecule is Cc1ccc2nc(-c3ccc(C)s3)c(CC(=O)N(C)C)n2c1. The molecule has 0 aliphatic heterocycles. The largest absolute Gasteiger partial charge is 0.348 e. The fourth-order valence-electron chi connectivity index (χ4n) is 2.43. The molecule has 0 aliphatic rings. The molecule has 0 aliphatic carbocycles. The molecule has 3 heterocycles. The Morgan fingerprint density at radius 3 is 2.64 bits per heavy atom. The lowest BCUT2D eigenvalue weighted by molar-refractivity contribution is -0.128. The third kappa shape index (κ3) is 2.64. The van der Waals surface area contributed by atoms with Gasteiger partial charge < -0.3 is 9.30 Å². The topological polar surface area (TPSA) is 37.6 Å². The van der Waals surface area contributed by atoms with Crippen molar-refractivity contribution in [2.75, 3.05) is 14.1 Å². The van der Waals surface area contributed by atoms with Gasteiger partial charge in [0.25, 0.3) is 0 Å². The molecule has 0 N–H and O–H groups in total. The molecule has 0 saturated heterocycles. The summed E-state index contributed by atoms with van der Waals surface area (Å²) >= 11 is 1.71. The zero-order valence-corrected chi connectivity index (χ0v) is 14.1. The number of nitrogens with zero attached hydrogens (tertiary/aromatic N) is 3. The van der Waals surface area contributed by atoms with Crippen LogP contribution in [-0.4, -0.2) is 34.3 Å². The van der Waals surface area contributed by atoms with Crippen LogP contribution in [0.1, 0.15) is 16.1 Å². The summed E-state index contributed by atoms with van der Waals surface area (Å²) in [5, 5.41) is 0. The average Bonchev–Trinajstić information content (AvgIpc) is 3.03. The molecular weight excluding hydrogens is 294 g/mol. The summed E-state index contributed by atoms with van der Waals surface area (Å²) in [6.07, 6.45) is 2.40. The van der Waals surface area contributed by atoms with Crippen molar-refractivity contribution < 1.29 is 4.79 Å². The molecule has 22 heavy (non-hydrogen) atoms. The highest BCUT2D eigenvalue weighted by atomic mass is 32.1. The molecule has 0 radical (unpaired) electrons. The second-order valence-electron chi connectivity index (χ2n) is 5.72. The molecule has 0 bridgehead atoms. The maximum atomic E-state index is 12.2. The first-order chi connectivity index (χ1) is 10.5. The van der Waals surface area contributed by atoms with E-state index in [2.05, 4.69) is 19.1 Å². The number of carbonyl (C=O) groups is 1. The van der Waals surface area contributed by atoms with Crippen LogP contribution in [0, 0.1) is 13.8 Å². The fourth-order valence-corrected chi connectivity index (χ4v) is 3.31. The maximum absolute atomic E-state index is 12.2. The van der Waals surface area contributed by atoms with Crippen LogP contribution >= 0.6 is 11.3 Å². The van der Waals surface area contributed by atoms with Crippen molar-refractivity contribution in [1.82, 2.24) is 14.3 Å². The summed E-state index contributed by atoms with van der Waals surface area (Å²) in [6.45, 7) is 4.13. The minimum absolute atomic E-state index is 0.0813. The first-order valence-corrected chi connectivity index (χ1v) is 8.02. The van der Waals surface area contributed by atoms with Crippen LogP contribution in [0.5, 0.6) is 0 Å². The zero-order chi connectivity index (χ0) is 15.9. The van der Waals surface area contributed by atoms with Crippen LogP contribution in [0.3, 0.4) is 0 Å². The Hall–Kier alpha value is -2.14. The van der Waals surface area contributed by atoms with Gasteiger partial charge in [-0.3, -0.25) is 4.79 Å². The van der Waals surface area contributed by atoms with Crippen molar-refractivity contribution in [1.29, 1.82) is 0 Å². The molecule has 0 atom stereocenters. The number of aromatic nitrogens is 2. The van der Waals surface area contributed by atoms with Crippen molar-refractivity contribution in [2.45, 2.75) is 20.3 Å². The first kappa shape index (κ1) is 14.8. The Bertz CT molecular complexity index is 845. The van der Waals surface area contributed by atoms with Crippen LogP contribution < -0.4 is 0 Å². The van der Waals surface area contributed by atoms with Crippen molar-refractivity contribution in [3.8, 4) is 10.6 Å². The Labute approximate surface area is 134 Å². The summed E-state index contributed by atoms with van der Waals surface area (Å²) in [7, 11) is 3.57. The molecule has 114 valence electrons. The van der Waals surface area contributed by atoms with Crippen molar-refractivity contribution >= 4 is 22.9 Å². The third-order valence-electron chi connectivity index (χ3n) is 3.66. The summed E-state index contributed by atoms with van der Waals surface area (Å²) in [4.78, 5) is 20.9. The van der Waals surface area contributed by atoms with Gasteiger partial charge in [-0.25, -0.2) is 4.98 Å². The Morgan fingerprint density at radius 2 is 2.00 bits per heavy atom. The van der Waals surface area contributed by atoms with E-state index >= 15 is 0 Å². The molecule has 5 heteroatoms. The van der Waals surface area contributed by atoms with E-state index < -0.39 is 0 Å². The Kier molecular flexibility index (Phi) is 3.74. The normalized spacial score (nSPS) is 11.1. The molecule has 0 unspecified atom stereocenters. The highest BCUT2D eigenvalue weighted by Gasteiger charge is 2.19. The number of imidazole rings is 1. The van der Waals surface area contributed by atoms with E-state index in [0.717, 1.165) is 27.5 Å². The second-order valence-corrected chi connectivity index (χ2v) is 7.00. The summed E-state index contributed by atoms with van der Waals surface area (Å²) in [5.41, 5.74) is 3.91. The summed E-state index contributed by atoms with van der Waals surface area (Å²) in [6, 6.07) is 8.22. The lowest BCUT2D eigenvalue weighted by Crippen LogP contribution is -2.24. The Balaban J connectivity index is 2.19. The number of likely N-dealkylation sites (N-methyl/N-ethyl adjacent to an activating group) is 1. The number of fused-ring (bicyclic) bond motifs is 1. The minimum Gasteiger partial charge on any atom is -0.348 e. The monoisotopic (exact) mass is 313 g/mol. The summed E-state index contributed by atoms with van der Waals surface area (Å²) in [5.74, 6) is 0.0813. The molecule has 0 aromatic carbocycles. The van der Waals surface area contributed by atoms with E-state index in [4.69, 9.17) is 4.98 Å². The van der Waals surface area contributed by atoms with Crippen LogP contribution in [0.15, 0.2) is 30.5 Å². The van der Waals surface area contributed by atoms with Gasteiger partial charge in [-0.1, -0.05) is 6.07 Å². The first-order valence-electron chi connectivity index (χ1n) is 7.20. The van der Waals surface area contributed by atoms with Gasteiger partial charge in [0.05, 0.1) is 17.0 Å². The highest BCUT2D eigenvalue weighted by Crippen LogP contribution is 2.31.